The molecule has 17 heavy (non-hydrogen) atoms. The SMILES string of the molecule is COCc1c(OC)ccc(C2CCCN2)c1F. The van der Waals surface area contributed by atoms with Crippen molar-refractivity contribution >= 4 is 0 Å². The lowest BCUT2D eigenvalue weighted by Gasteiger charge is -2.16. The maximum absolute atomic E-state index is 14.4. The van der Waals surface area contributed by atoms with Crippen LogP contribution in [0.1, 0.15) is 30.0 Å². The molecule has 2 rings (SSSR count). The van der Waals surface area contributed by atoms with Crippen LogP contribution in [0.2, 0.25) is 0 Å². The fourth-order valence-corrected chi connectivity index (χ4v) is 2.31. The molecule has 1 aliphatic heterocycles. The maximum Gasteiger partial charge on any atom is 0.137 e. The summed E-state index contributed by atoms with van der Waals surface area (Å²) in [6, 6.07) is 3.74. The number of ether oxygens (including phenoxy) is 2. The van der Waals surface area contributed by atoms with E-state index in [1.54, 1.807) is 20.3 Å². The van der Waals surface area contributed by atoms with Crippen LogP contribution in [0.4, 0.5) is 4.39 Å². The van der Waals surface area contributed by atoms with E-state index < -0.39 is 0 Å². The van der Waals surface area contributed by atoms with Crippen LogP contribution in [0, 0.1) is 5.82 Å². The highest BCUT2D eigenvalue weighted by atomic mass is 19.1. The summed E-state index contributed by atoms with van der Waals surface area (Å²) in [5.74, 6) is 0.344. The molecule has 0 amide bonds. The van der Waals surface area contributed by atoms with Gasteiger partial charge in [0.05, 0.1) is 19.3 Å². The van der Waals surface area contributed by atoms with Crippen LogP contribution >= 0.6 is 0 Å². The van der Waals surface area contributed by atoms with E-state index >= 15 is 0 Å². The first-order chi connectivity index (χ1) is 8.27. The average Bonchev–Trinajstić information content (AvgIpc) is 2.85. The third-order valence-electron chi connectivity index (χ3n) is 3.17. The summed E-state index contributed by atoms with van der Waals surface area (Å²) in [6.07, 6.45) is 2.07. The van der Waals surface area contributed by atoms with Gasteiger partial charge >= 0.3 is 0 Å². The second-order valence-corrected chi connectivity index (χ2v) is 4.23. The van der Waals surface area contributed by atoms with E-state index in [1.807, 2.05) is 6.07 Å². The van der Waals surface area contributed by atoms with Crippen molar-refractivity contribution in [3.8, 4) is 5.75 Å². The standard InChI is InChI=1S/C13H18FNO2/c1-16-8-10-12(17-2)6-5-9(13(10)14)11-4-3-7-15-11/h5-6,11,15H,3-4,7-8H2,1-2H3. The van der Waals surface area contributed by atoms with E-state index in [-0.39, 0.29) is 18.5 Å². The molecule has 4 heteroatoms. The van der Waals surface area contributed by atoms with Crippen molar-refractivity contribution < 1.29 is 13.9 Å². The Balaban J connectivity index is 2.37. The second kappa shape index (κ2) is 5.47. The van der Waals surface area contributed by atoms with Crippen LogP contribution in [-0.4, -0.2) is 20.8 Å². The smallest absolute Gasteiger partial charge is 0.137 e. The first-order valence-electron chi connectivity index (χ1n) is 5.85. The Hall–Kier alpha value is -1.13. The minimum absolute atomic E-state index is 0.122. The minimum Gasteiger partial charge on any atom is -0.496 e. The molecule has 0 aromatic heterocycles. The summed E-state index contributed by atoms with van der Waals surface area (Å²) in [4.78, 5) is 0. The van der Waals surface area contributed by atoms with Gasteiger partial charge in [0, 0.05) is 18.7 Å². The number of hydrogen-bond donors (Lipinski definition) is 1. The molecule has 0 radical (unpaired) electrons. The van der Waals surface area contributed by atoms with Gasteiger partial charge in [0.2, 0.25) is 0 Å². The van der Waals surface area contributed by atoms with Gasteiger partial charge in [0.1, 0.15) is 11.6 Å². The number of methoxy groups -OCH3 is 2. The number of benzene rings is 1. The van der Waals surface area contributed by atoms with Crippen molar-refractivity contribution in [2.75, 3.05) is 20.8 Å². The number of nitrogens with one attached hydrogen (secondary N) is 1. The van der Waals surface area contributed by atoms with Crippen LogP contribution in [0.5, 0.6) is 5.75 Å². The first kappa shape index (κ1) is 12.3. The Morgan fingerprint density at radius 3 is 2.82 bits per heavy atom. The topological polar surface area (TPSA) is 30.5 Å². The zero-order valence-electron chi connectivity index (χ0n) is 10.3. The number of halogens is 1. The molecule has 1 saturated heterocycles. The molecule has 0 aliphatic carbocycles. The molecule has 1 unspecified atom stereocenters. The summed E-state index contributed by atoms with van der Waals surface area (Å²) in [7, 11) is 3.10. The van der Waals surface area contributed by atoms with E-state index in [0.717, 1.165) is 24.9 Å². The number of rotatable bonds is 4. The second-order valence-electron chi connectivity index (χ2n) is 4.23. The van der Waals surface area contributed by atoms with Crippen LogP contribution in [0.3, 0.4) is 0 Å². The molecule has 0 saturated carbocycles. The molecule has 1 N–H and O–H groups in total. The molecule has 3 nitrogen and oxygen atoms in total. The van der Waals surface area contributed by atoms with E-state index in [4.69, 9.17) is 9.47 Å². The van der Waals surface area contributed by atoms with Crippen LogP contribution < -0.4 is 10.1 Å². The Morgan fingerprint density at radius 2 is 2.24 bits per heavy atom. The maximum atomic E-state index is 14.4. The van der Waals surface area contributed by atoms with E-state index in [2.05, 4.69) is 5.32 Å². The highest BCUT2D eigenvalue weighted by molar-refractivity contribution is 5.40. The van der Waals surface area contributed by atoms with Gasteiger partial charge in [-0.2, -0.15) is 0 Å². The summed E-state index contributed by atoms with van der Waals surface area (Å²) in [6.45, 7) is 1.19. The summed E-state index contributed by atoms with van der Waals surface area (Å²) in [5.41, 5.74) is 1.22. The van der Waals surface area contributed by atoms with Crippen LogP contribution in [0.15, 0.2) is 12.1 Å². The zero-order valence-corrected chi connectivity index (χ0v) is 10.3. The lowest BCUT2D eigenvalue weighted by molar-refractivity contribution is 0.177. The van der Waals surface area contributed by atoms with E-state index in [1.165, 1.54) is 0 Å². The minimum atomic E-state index is -0.203. The molecular weight excluding hydrogens is 221 g/mol. The van der Waals surface area contributed by atoms with Gasteiger partial charge in [0.25, 0.3) is 0 Å². The summed E-state index contributed by atoms with van der Waals surface area (Å²) < 4.78 is 24.5. The van der Waals surface area contributed by atoms with Crippen molar-refractivity contribution in [1.29, 1.82) is 0 Å². The van der Waals surface area contributed by atoms with Gasteiger partial charge in [-0.3, -0.25) is 0 Å². The Labute approximate surface area is 101 Å². The summed E-state index contributed by atoms with van der Waals surface area (Å²) in [5, 5.41) is 3.30. The van der Waals surface area contributed by atoms with Gasteiger partial charge in [-0.1, -0.05) is 6.07 Å². The predicted octanol–water partition coefficient (Wildman–Crippen LogP) is 2.41. The van der Waals surface area contributed by atoms with Crippen LogP contribution in [0.25, 0.3) is 0 Å². The Morgan fingerprint density at radius 1 is 1.41 bits per heavy atom. The predicted molar refractivity (Wildman–Crippen MR) is 63.6 cm³/mol. The first-order valence-corrected chi connectivity index (χ1v) is 5.85. The molecule has 1 aromatic rings. The molecule has 94 valence electrons. The number of hydrogen-bond acceptors (Lipinski definition) is 3. The average molecular weight is 239 g/mol. The zero-order chi connectivity index (χ0) is 12.3. The third-order valence-corrected chi connectivity index (χ3v) is 3.17. The van der Waals surface area contributed by atoms with E-state index in [0.29, 0.717) is 11.3 Å². The fraction of sp³-hybridized carbons (Fsp3) is 0.538. The highest BCUT2D eigenvalue weighted by Gasteiger charge is 2.22. The van der Waals surface area contributed by atoms with E-state index in [9.17, 15) is 4.39 Å². The van der Waals surface area contributed by atoms with Crippen molar-refractivity contribution in [1.82, 2.24) is 5.32 Å². The van der Waals surface area contributed by atoms with Crippen molar-refractivity contribution in [3.63, 3.8) is 0 Å². The molecule has 1 heterocycles. The monoisotopic (exact) mass is 239 g/mol. The van der Waals surface area contributed by atoms with Crippen molar-refractivity contribution in [3.05, 3.63) is 29.1 Å². The largest absolute Gasteiger partial charge is 0.496 e. The molecule has 0 bridgehead atoms. The Kier molecular flexibility index (Phi) is 3.97. The normalized spacial score (nSPS) is 19.6. The van der Waals surface area contributed by atoms with Gasteiger partial charge in [0.15, 0.2) is 0 Å². The lowest BCUT2D eigenvalue weighted by atomic mass is 10.0. The fourth-order valence-electron chi connectivity index (χ4n) is 2.31. The quantitative estimate of drug-likeness (QED) is 0.875. The van der Waals surface area contributed by atoms with Gasteiger partial charge in [-0.05, 0) is 25.5 Å². The van der Waals surface area contributed by atoms with Crippen molar-refractivity contribution in [2.45, 2.75) is 25.5 Å². The van der Waals surface area contributed by atoms with Gasteiger partial charge in [-0.15, -0.1) is 0 Å². The molecule has 1 atom stereocenters. The molecule has 0 spiro atoms. The highest BCUT2D eigenvalue weighted by Crippen LogP contribution is 2.31. The third kappa shape index (κ3) is 2.42. The van der Waals surface area contributed by atoms with Gasteiger partial charge < -0.3 is 14.8 Å². The molecule has 1 aliphatic rings. The Bertz CT molecular complexity index is 389. The molecular formula is C13H18FNO2. The van der Waals surface area contributed by atoms with Crippen LogP contribution in [-0.2, 0) is 11.3 Å². The molecule has 1 aromatic carbocycles. The van der Waals surface area contributed by atoms with Crippen molar-refractivity contribution in [2.24, 2.45) is 0 Å². The van der Waals surface area contributed by atoms with Gasteiger partial charge in [-0.25, -0.2) is 4.39 Å². The molecule has 1 fully saturated rings. The lowest BCUT2D eigenvalue weighted by Crippen LogP contribution is -2.15. The summed E-state index contributed by atoms with van der Waals surface area (Å²) >= 11 is 0.